The van der Waals surface area contributed by atoms with E-state index in [0.29, 0.717) is 24.6 Å². The van der Waals surface area contributed by atoms with Crippen LogP contribution in [0, 0.1) is 12.8 Å². The van der Waals surface area contributed by atoms with Crippen LogP contribution in [0.15, 0.2) is 17.0 Å². The van der Waals surface area contributed by atoms with Gasteiger partial charge in [-0.05, 0) is 37.5 Å². The summed E-state index contributed by atoms with van der Waals surface area (Å²) in [6, 6.07) is 2.74. The average molecular weight is 352 g/mol. The standard InChI is InChI=1S/C14H19Cl2NO3S/c1-5-17(8-9(2)3)14(18)12-6-11(15)7-13(10(12)4)21(16,19)20/h6-7,9H,5,8H2,1-4H3. The second-order valence-corrected chi connectivity index (χ2v) is 8.22. The predicted octanol–water partition coefficient (Wildman–Crippen LogP) is 3.69. The fourth-order valence-corrected chi connectivity index (χ4v) is 3.60. The number of nitrogens with zero attached hydrogens (tertiary/aromatic N) is 1. The first-order valence-electron chi connectivity index (χ1n) is 6.62. The molecule has 0 spiro atoms. The highest BCUT2D eigenvalue weighted by Crippen LogP contribution is 2.28. The predicted molar refractivity (Wildman–Crippen MR) is 85.6 cm³/mol. The van der Waals surface area contributed by atoms with Gasteiger partial charge in [-0.25, -0.2) is 8.42 Å². The zero-order valence-corrected chi connectivity index (χ0v) is 14.8. The first-order valence-corrected chi connectivity index (χ1v) is 9.30. The van der Waals surface area contributed by atoms with Gasteiger partial charge in [-0.3, -0.25) is 4.79 Å². The van der Waals surface area contributed by atoms with Crippen LogP contribution in [0.25, 0.3) is 0 Å². The van der Waals surface area contributed by atoms with Crippen molar-refractivity contribution in [1.82, 2.24) is 4.90 Å². The van der Waals surface area contributed by atoms with Crippen LogP contribution in [-0.4, -0.2) is 32.3 Å². The summed E-state index contributed by atoms with van der Waals surface area (Å²) in [5.41, 5.74) is 0.589. The van der Waals surface area contributed by atoms with E-state index in [2.05, 4.69) is 0 Å². The Kier molecular flexibility index (Phi) is 6.08. The summed E-state index contributed by atoms with van der Waals surface area (Å²) < 4.78 is 23.2. The lowest BCUT2D eigenvalue weighted by atomic mass is 10.1. The molecule has 0 fully saturated rings. The molecule has 0 unspecified atom stereocenters. The van der Waals surface area contributed by atoms with Gasteiger partial charge in [0.15, 0.2) is 0 Å². The summed E-state index contributed by atoms with van der Waals surface area (Å²) in [6.45, 7) is 8.57. The zero-order valence-electron chi connectivity index (χ0n) is 12.5. The van der Waals surface area contributed by atoms with Gasteiger partial charge in [0.1, 0.15) is 0 Å². The lowest BCUT2D eigenvalue weighted by Gasteiger charge is -2.24. The van der Waals surface area contributed by atoms with Crippen molar-refractivity contribution in [2.75, 3.05) is 13.1 Å². The lowest BCUT2D eigenvalue weighted by molar-refractivity contribution is 0.0744. The van der Waals surface area contributed by atoms with Gasteiger partial charge in [-0.15, -0.1) is 0 Å². The smallest absolute Gasteiger partial charge is 0.261 e. The molecule has 0 aromatic heterocycles. The highest BCUT2D eigenvalue weighted by atomic mass is 35.7. The second-order valence-electron chi connectivity index (χ2n) is 5.25. The zero-order chi connectivity index (χ0) is 16.4. The Bertz CT molecular complexity index is 642. The molecule has 0 aliphatic rings. The largest absolute Gasteiger partial charge is 0.339 e. The van der Waals surface area contributed by atoms with E-state index in [4.69, 9.17) is 22.3 Å². The molecule has 1 aromatic rings. The molecule has 1 rings (SSSR count). The Balaban J connectivity index is 3.36. The number of carbonyl (C=O) groups is 1. The first kappa shape index (κ1) is 18.3. The molecule has 7 heteroatoms. The van der Waals surface area contributed by atoms with Crippen LogP contribution in [0.2, 0.25) is 5.02 Å². The molecule has 0 atom stereocenters. The molecule has 0 saturated heterocycles. The second kappa shape index (κ2) is 6.99. The molecule has 0 heterocycles. The molecule has 21 heavy (non-hydrogen) atoms. The van der Waals surface area contributed by atoms with Crippen molar-refractivity contribution in [3.05, 3.63) is 28.3 Å². The maximum Gasteiger partial charge on any atom is 0.261 e. The molecule has 0 radical (unpaired) electrons. The summed E-state index contributed by atoms with van der Waals surface area (Å²) in [5, 5.41) is 0.170. The van der Waals surface area contributed by atoms with Crippen LogP contribution < -0.4 is 0 Å². The third kappa shape index (κ3) is 4.59. The summed E-state index contributed by atoms with van der Waals surface area (Å²) in [6.07, 6.45) is 0. The summed E-state index contributed by atoms with van der Waals surface area (Å²) in [5.74, 6) is 0.0670. The maximum atomic E-state index is 12.6. The molecule has 4 nitrogen and oxygen atoms in total. The van der Waals surface area contributed by atoms with E-state index in [9.17, 15) is 13.2 Å². The summed E-state index contributed by atoms with van der Waals surface area (Å²) in [4.78, 5) is 14.1. The van der Waals surface area contributed by atoms with Gasteiger partial charge in [0.25, 0.3) is 15.0 Å². The minimum Gasteiger partial charge on any atom is -0.339 e. The van der Waals surface area contributed by atoms with Crippen molar-refractivity contribution in [2.45, 2.75) is 32.6 Å². The molecule has 0 aliphatic heterocycles. The maximum absolute atomic E-state index is 12.6. The number of rotatable bonds is 5. The quantitative estimate of drug-likeness (QED) is 0.760. The summed E-state index contributed by atoms with van der Waals surface area (Å²) >= 11 is 5.93. The monoisotopic (exact) mass is 351 g/mol. The van der Waals surface area contributed by atoms with Crippen molar-refractivity contribution in [3.63, 3.8) is 0 Å². The third-order valence-corrected chi connectivity index (χ3v) is 4.74. The number of benzene rings is 1. The van der Waals surface area contributed by atoms with E-state index in [0.717, 1.165) is 0 Å². The molecule has 0 saturated carbocycles. The van der Waals surface area contributed by atoms with Crippen LogP contribution in [-0.2, 0) is 9.05 Å². The van der Waals surface area contributed by atoms with E-state index < -0.39 is 9.05 Å². The number of hydrogen-bond donors (Lipinski definition) is 0. The molecule has 0 N–H and O–H groups in total. The molecule has 1 amide bonds. The van der Waals surface area contributed by atoms with Gasteiger partial charge in [-0.2, -0.15) is 0 Å². The van der Waals surface area contributed by atoms with Gasteiger partial charge in [0, 0.05) is 34.4 Å². The average Bonchev–Trinajstić information content (AvgIpc) is 2.36. The minimum atomic E-state index is -3.95. The van der Waals surface area contributed by atoms with Crippen LogP contribution in [0.4, 0.5) is 0 Å². The Morgan fingerprint density at radius 3 is 2.33 bits per heavy atom. The van der Waals surface area contributed by atoms with Crippen LogP contribution in [0.5, 0.6) is 0 Å². The Morgan fingerprint density at radius 2 is 1.90 bits per heavy atom. The highest BCUT2D eigenvalue weighted by Gasteiger charge is 2.23. The van der Waals surface area contributed by atoms with E-state index in [1.807, 2.05) is 20.8 Å². The van der Waals surface area contributed by atoms with Gasteiger partial charge in [0.2, 0.25) is 0 Å². The number of carbonyl (C=O) groups excluding carboxylic acids is 1. The molecule has 0 bridgehead atoms. The van der Waals surface area contributed by atoms with E-state index in [1.54, 1.807) is 11.8 Å². The molecule has 118 valence electrons. The van der Waals surface area contributed by atoms with Gasteiger partial charge >= 0.3 is 0 Å². The summed E-state index contributed by atoms with van der Waals surface area (Å²) in [7, 11) is 1.45. The van der Waals surface area contributed by atoms with Crippen molar-refractivity contribution in [3.8, 4) is 0 Å². The fraction of sp³-hybridized carbons (Fsp3) is 0.500. The van der Waals surface area contributed by atoms with E-state index >= 15 is 0 Å². The normalized spacial score (nSPS) is 11.8. The Hall–Kier alpha value is -0.780. The fourth-order valence-electron chi connectivity index (χ4n) is 2.10. The van der Waals surface area contributed by atoms with E-state index in [1.165, 1.54) is 12.1 Å². The van der Waals surface area contributed by atoms with Crippen LogP contribution in [0.1, 0.15) is 36.7 Å². The van der Waals surface area contributed by atoms with Crippen LogP contribution >= 0.6 is 22.3 Å². The van der Waals surface area contributed by atoms with Crippen molar-refractivity contribution in [1.29, 1.82) is 0 Å². The number of halogens is 2. The van der Waals surface area contributed by atoms with Gasteiger partial charge in [0.05, 0.1) is 4.90 Å². The van der Waals surface area contributed by atoms with E-state index in [-0.39, 0.29) is 21.4 Å². The third-order valence-electron chi connectivity index (χ3n) is 3.07. The van der Waals surface area contributed by atoms with Crippen LogP contribution in [0.3, 0.4) is 0 Å². The molecular formula is C14H19Cl2NO3S. The Labute approximate surface area is 135 Å². The first-order chi connectivity index (χ1) is 9.57. The molecule has 0 aliphatic carbocycles. The molecule has 1 aromatic carbocycles. The SMILES string of the molecule is CCN(CC(C)C)C(=O)c1cc(Cl)cc(S(=O)(=O)Cl)c1C. The van der Waals surface area contributed by atoms with Crippen molar-refractivity contribution >= 4 is 37.2 Å². The van der Waals surface area contributed by atoms with Crippen molar-refractivity contribution in [2.24, 2.45) is 5.92 Å². The number of hydrogen-bond acceptors (Lipinski definition) is 3. The van der Waals surface area contributed by atoms with Gasteiger partial charge < -0.3 is 4.90 Å². The molecular weight excluding hydrogens is 333 g/mol. The number of amides is 1. The highest BCUT2D eigenvalue weighted by molar-refractivity contribution is 8.13. The van der Waals surface area contributed by atoms with Gasteiger partial charge in [-0.1, -0.05) is 25.4 Å². The lowest BCUT2D eigenvalue weighted by Crippen LogP contribution is -2.34. The Morgan fingerprint density at radius 1 is 1.33 bits per heavy atom. The minimum absolute atomic E-state index is 0.124. The van der Waals surface area contributed by atoms with Crippen molar-refractivity contribution < 1.29 is 13.2 Å². The topological polar surface area (TPSA) is 54.5 Å².